The van der Waals surface area contributed by atoms with Crippen LogP contribution in [-0.2, 0) is 11.3 Å². The Morgan fingerprint density at radius 2 is 2.03 bits per heavy atom. The van der Waals surface area contributed by atoms with Crippen molar-refractivity contribution < 1.29 is 14.6 Å². The molecule has 6 heteroatoms. The molecule has 6 nitrogen and oxygen atoms in total. The van der Waals surface area contributed by atoms with Crippen LogP contribution < -0.4 is 4.74 Å². The molecule has 1 N–H and O–H groups in total. The van der Waals surface area contributed by atoms with Gasteiger partial charge < -0.3 is 19.3 Å². The molecule has 0 unspecified atom stereocenters. The van der Waals surface area contributed by atoms with Crippen LogP contribution in [0.5, 0.6) is 5.75 Å². The van der Waals surface area contributed by atoms with Crippen LogP contribution in [0.3, 0.4) is 0 Å². The van der Waals surface area contributed by atoms with Gasteiger partial charge in [-0.1, -0.05) is 35.9 Å². The number of aliphatic hydroxyl groups excluding tert-OH is 1. The van der Waals surface area contributed by atoms with Gasteiger partial charge in [0.05, 0.1) is 17.6 Å². The summed E-state index contributed by atoms with van der Waals surface area (Å²) < 4.78 is 7.79. The van der Waals surface area contributed by atoms with Crippen LogP contribution in [0.25, 0.3) is 11.0 Å². The van der Waals surface area contributed by atoms with Crippen molar-refractivity contribution in [2.75, 3.05) is 19.7 Å². The first kappa shape index (κ1) is 20.2. The van der Waals surface area contributed by atoms with E-state index in [9.17, 15) is 9.90 Å². The molecule has 0 bridgehead atoms. The molecule has 2 atom stereocenters. The lowest BCUT2D eigenvalue weighted by Crippen LogP contribution is -2.26. The van der Waals surface area contributed by atoms with Gasteiger partial charge in [-0.2, -0.15) is 0 Å². The fourth-order valence-corrected chi connectivity index (χ4v) is 3.97. The summed E-state index contributed by atoms with van der Waals surface area (Å²) in [5, 5.41) is 10.7. The second kappa shape index (κ2) is 8.71. The lowest BCUT2D eigenvalue weighted by molar-refractivity contribution is -0.127. The standard InChI is InChI=1S/C24H27N3O3/c1-3-12-26-14-18(13-23(26)29)24-25-21-6-4-5-7-22(21)27(24)15-19(28)16-30-20-10-8-17(2)9-11-20/h3-11,18-19,28H,1,12-16H2,2H3/t18-,19+/m0/s1. The third-order valence-corrected chi connectivity index (χ3v) is 5.47. The van der Waals surface area contributed by atoms with Gasteiger partial charge in [0.1, 0.15) is 24.3 Å². The van der Waals surface area contributed by atoms with E-state index in [0.29, 0.717) is 26.1 Å². The van der Waals surface area contributed by atoms with Crippen molar-refractivity contribution in [1.29, 1.82) is 0 Å². The average Bonchev–Trinajstić information content (AvgIpc) is 3.29. The number of rotatable bonds is 8. The lowest BCUT2D eigenvalue weighted by atomic mass is 10.1. The van der Waals surface area contributed by atoms with Gasteiger partial charge in [0.15, 0.2) is 0 Å². The zero-order valence-electron chi connectivity index (χ0n) is 17.2. The van der Waals surface area contributed by atoms with Gasteiger partial charge in [-0.15, -0.1) is 6.58 Å². The summed E-state index contributed by atoms with van der Waals surface area (Å²) in [6, 6.07) is 15.6. The molecule has 4 rings (SSSR count). The Bertz CT molecular complexity index is 1040. The number of para-hydroxylation sites is 2. The number of aromatic nitrogens is 2. The summed E-state index contributed by atoms with van der Waals surface area (Å²) in [7, 11) is 0. The number of carbonyl (C=O) groups is 1. The van der Waals surface area contributed by atoms with E-state index in [-0.39, 0.29) is 18.4 Å². The normalized spacial score (nSPS) is 17.5. The molecule has 1 saturated heterocycles. The zero-order chi connectivity index (χ0) is 21.1. The Hall–Kier alpha value is -3.12. The number of likely N-dealkylation sites (tertiary alicyclic amines) is 1. The number of nitrogens with zero attached hydrogens (tertiary/aromatic N) is 3. The Morgan fingerprint density at radius 1 is 1.27 bits per heavy atom. The van der Waals surface area contributed by atoms with Crippen LogP contribution in [0, 0.1) is 6.92 Å². The Labute approximate surface area is 176 Å². The van der Waals surface area contributed by atoms with Crippen LogP contribution in [0.1, 0.15) is 23.7 Å². The smallest absolute Gasteiger partial charge is 0.223 e. The molecule has 0 spiro atoms. The predicted octanol–water partition coefficient (Wildman–Crippen LogP) is 3.29. The maximum absolute atomic E-state index is 12.4. The second-order valence-corrected chi connectivity index (χ2v) is 7.84. The fourth-order valence-electron chi connectivity index (χ4n) is 3.97. The molecule has 1 aliphatic heterocycles. The topological polar surface area (TPSA) is 67.6 Å². The molecular weight excluding hydrogens is 378 g/mol. The van der Waals surface area contributed by atoms with Crippen molar-refractivity contribution in [1.82, 2.24) is 14.5 Å². The van der Waals surface area contributed by atoms with Crippen LogP contribution in [-0.4, -0.2) is 51.3 Å². The van der Waals surface area contributed by atoms with Gasteiger partial charge >= 0.3 is 0 Å². The predicted molar refractivity (Wildman–Crippen MR) is 117 cm³/mol. The van der Waals surface area contributed by atoms with Gasteiger partial charge in [0, 0.05) is 25.4 Å². The van der Waals surface area contributed by atoms with Gasteiger partial charge in [0.2, 0.25) is 5.91 Å². The summed E-state index contributed by atoms with van der Waals surface area (Å²) in [6.45, 7) is 7.45. The van der Waals surface area contributed by atoms with E-state index in [0.717, 1.165) is 28.2 Å². The van der Waals surface area contributed by atoms with E-state index in [2.05, 4.69) is 6.58 Å². The first-order valence-corrected chi connectivity index (χ1v) is 10.3. The molecule has 0 aliphatic carbocycles. The Morgan fingerprint density at radius 3 is 2.80 bits per heavy atom. The fraction of sp³-hybridized carbons (Fsp3) is 0.333. The number of amides is 1. The molecular formula is C24H27N3O3. The molecule has 1 amide bonds. The van der Waals surface area contributed by atoms with E-state index in [4.69, 9.17) is 9.72 Å². The van der Waals surface area contributed by atoms with E-state index in [1.807, 2.05) is 60.0 Å². The number of aliphatic hydroxyl groups is 1. The van der Waals surface area contributed by atoms with Crippen LogP contribution in [0.2, 0.25) is 0 Å². The summed E-state index contributed by atoms with van der Waals surface area (Å²) in [5.41, 5.74) is 2.99. The minimum atomic E-state index is -0.705. The first-order chi connectivity index (χ1) is 14.5. The van der Waals surface area contributed by atoms with Crippen LogP contribution in [0.15, 0.2) is 61.2 Å². The number of hydrogen-bond acceptors (Lipinski definition) is 4. The first-order valence-electron chi connectivity index (χ1n) is 10.3. The van der Waals surface area contributed by atoms with E-state index in [1.165, 1.54) is 0 Å². The number of aryl methyl sites for hydroxylation is 1. The molecule has 156 valence electrons. The molecule has 1 aromatic heterocycles. The third-order valence-electron chi connectivity index (χ3n) is 5.47. The SMILES string of the molecule is C=CCN1C[C@@H](c2nc3ccccc3n2C[C@@H](O)COc2ccc(C)cc2)CC1=O. The van der Waals surface area contributed by atoms with Gasteiger partial charge in [-0.25, -0.2) is 4.98 Å². The number of carbonyl (C=O) groups excluding carboxylic acids is 1. The van der Waals surface area contributed by atoms with E-state index < -0.39 is 6.10 Å². The van der Waals surface area contributed by atoms with Crippen LogP contribution in [0.4, 0.5) is 0 Å². The quantitative estimate of drug-likeness (QED) is 0.584. The minimum absolute atomic E-state index is 0.00457. The molecule has 0 saturated carbocycles. The van der Waals surface area contributed by atoms with Crippen LogP contribution >= 0.6 is 0 Å². The van der Waals surface area contributed by atoms with Crippen molar-refractivity contribution in [3.8, 4) is 5.75 Å². The van der Waals surface area contributed by atoms with E-state index >= 15 is 0 Å². The summed E-state index contributed by atoms with van der Waals surface area (Å²) in [4.78, 5) is 19.0. The van der Waals surface area contributed by atoms with Gasteiger partial charge in [-0.3, -0.25) is 4.79 Å². The highest BCUT2D eigenvalue weighted by Gasteiger charge is 2.33. The maximum atomic E-state index is 12.4. The molecule has 1 fully saturated rings. The van der Waals surface area contributed by atoms with Crippen molar-refractivity contribution in [2.45, 2.75) is 31.9 Å². The van der Waals surface area contributed by atoms with E-state index in [1.54, 1.807) is 11.0 Å². The highest BCUT2D eigenvalue weighted by molar-refractivity contribution is 5.81. The van der Waals surface area contributed by atoms with Gasteiger partial charge in [0.25, 0.3) is 0 Å². The average molecular weight is 405 g/mol. The minimum Gasteiger partial charge on any atom is -0.491 e. The van der Waals surface area contributed by atoms with Crippen molar-refractivity contribution >= 4 is 16.9 Å². The largest absolute Gasteiger partial charge is 0.491 e. The monoisotopic (exact) mass is 405 g/mol. The summed E-state index contributed by atoms with van der Waals surface area (Å²) in [6.07, 6.45) is 1.46. The molecule has 2 aromatic carbocycles. The second-order valence-electron chi connectivity index (χ2n) is 7.84. The number of ether oxygens (including phenoxy) is 1. The number of fused-ring (bicyclic) bond motifs is 1. The number of hydrogen-bond donors (Lipinski definition) is 1. The highest BCUT2D eigenvalue weighted by atomic mass is 16.5. The Balaban J connectivity index is 1.53. The molecule has 1 aliphatic rings. The Kier molecular flexibility index (Phi) is 5.86. The molecule has 30 heavy (non-hydrogen) atoms. The maximum Gasteiger partial charge on any atom is 0.223 e. The number of benzene rings is 2. The van der Waals surface area contributed by atoms with Gasteiger partial charge in [-0.05, 0) is 31.2 Å². The molecule has 0 radical (unpaired) electrons. The lowest BCUT2D eigenvalue weighted by Gasteiger charge is -2.18. The molecule has 2 heterocycles. The zero-order valence-corrected chi connectivity index (χ0v) is 17.2. The number of imidazole rings is 1. The summed E-state index contributed by atoms with van der Waals surface area (Å²) >= 11 is 0. The summed E-state index contributed by atoms with van der Waals surface area (Å²) in [5.74, 6) is 1.68. The molecule has 3 aromatic rings. The van der Waals surface area contributed by atoms with Crippen molar-refractivity contribution in [3.63, 3.8) is 0 Å². The third kappa shape index (κ3) is 4.24. The van der Waals surface area contributed by atoms with Crippen molar-refractivity contribution in [3.05, 3.63) is 72.6 Å². The van der Waals surface area contributed by atoms with Crippen molar-refractivity contribution in [2.24, 2.45) is 0 Å². The highest BCUT2D eigenvalue weighted by Crippen LogP contribution is 2.30.